The zero-order chi connectivity index (χ0) is 19.7. The SMILES string of the molecule is Cc1ocnc1C(=O)N1CCC(CNC(=O)c2cn(C)c3ccccc23)CC1. The highest BCUT2D eigenvalue weighted by Crippen LogP contribution is 2.22. The zero-order valence-electron chi connectivity index (χ0n) is 16.1. The smallest absolute Gasteiger partial charge is 0.276 e. The van der Waals surface area contributed by atoms with Crippen molar-refractivity contribution in [3.05, 3.63) is 53.9 Å². The number of likely N-dealkylation sites (tertiary alicyclic amines) is 1. The topological polar surface area (TPSA) is 80.4 Å². The van der Waals surface area contributed by atoms with Gasteiger partial charge in [-0.05, 0) is 31.7 Å². The highest BCUT2D eigenvalue weighted by atomic mass is 16.3. The van der Waals surface area contributed by atoms with Gasteiger partial charge in [-0.1, -0.05) is 18.2 Å². The van der Waals surface area contributed by atoms with Crippen LogP contribution >= 0.6 is 0 Å². The third-order valence-electron chi connectivity index (χ3n) is 5.54. The Balaban J connectivity index is 1.32. The third kappa shape index (κ3) is 3.40. The Bertz CT molecular complexity index is 1010. The Kier molecular flexibility index (Phi) is 4.90. The van der Waals surface area contributed by atoms with E-state index in [4.69, 9.17) is 4.42 Å². The number of para-hydroxylation sites is 1. The van der Waals surface area contributed by atoms with Crippen molar-refractivity contribution in [1.82, 2.24) is 19.8 Å². The Labute approximate surface area is 163 Å². The fourth-order valence-electron chi connectivity index (χ4n) is 3.86. The lowest BCUT2D eigenvalue weighted by molar-refractivity contribution is 0.0677. The molecule has 7 nitrogen and oxygen atoms in total. The maximum atomic E-state index is 12.7. The minimum Gasteiger partial charge on any atom is -0.448 e. The molecule has 4 rings (SSSR count). The summed E-state index contributed by atoms with van der Waals surface area (Å²) in [6, 6.07) is 7.90. The normalized spacial score (nSPS) is 15.1. The summed E-state index contributed by atoms with van der Waals surface area (Å²) in [5.74, 6) is 0.786. The number of aryl methyl sites for hydroxylation is 2. The van der Waals surface area contributed by atoms with Gasteiger partial charge >= 0.3 is 0 Å². The van der Waals surface area contributed by atoms with E-state index in [1.165, 1.54) is 6.39 Å². The van der Waals surface area contributed by atoms with E-state index in [1.807, 2.05) is 47.0 Å². The molecule has 1 aliphatic rings. The van der Waals surface area contributed by atoms with E-state index in [0.717, 1.165) is 23.7 Å². The molecule has 1 aliphatic heterocycles. The van der Waals surface area contributed by atoms with Crippen molar-refractivity contribution < 1.29 is 14.0 Å². The van der Waals surface area contributed by atoms with Crippen LogP contribution in [0.1, 0.15) is 39.4 Å². The van der Waals surface area contributed by atoms with E-state index in [9.17, 15) is 9.59 Å². The quantitative estimate of drug-likeness (QED) is 0.755. The molecule has 2 aromatic heterocycles. The maximum absolute atomic E-state index is 12.7. The van der Waals surface area contributed by atoms with Crippen LogP contribution in [0.4, 0.5) is 0 Å². The van der Waals surface area contributed by atoms with E-state index in [2.05, 4.69) is 10.3 Å². The number of carbonyl (C=O) groups excluding carboxylic acids is 2. The van der Waals surface area contributed by atoms with Gasteiger partial charge in [0.25, 0.3) is 11.8 Å². The number of aromatic nitrogens is 2. The van der Waals surface area contributed by atoms with Crippen LogP contribution in [0.25, 0.3) is 10.9 Å². The average Bonchev–Trinajstić information content (AvgIpc) is 3.30. The van der Waals surface area contributed by atoms with Crippen LogP contribution in [0, 0.1) is 12.8 Å². The first-order valence-electron chi connectivity index (χ1n) is 9.56. The molecule has 0 unspecified atom stereocenters. The summed E-state index contributed by atoms with van der Waals surface area (Å²) in [6.07, 6.45) is 4.90. The predicted octanol–water partition coefficient (Wildman–Crippen LogP) is 2.76. The van der Waals surface area contributed by atoms with Crippen molar-refractivity contribution in [1.29, 1.82) is 0 Å². The van der Waals surface area contributed by atoms with Gasteiger partial charge in [0.05, 0.1) is 5.56 Å². The Morgan fingerprint density at radius 1 is 1.25 bits per heavy atom. The molecule has 3 heterocycles. The molecule has 1 fully saturated rings. The van der Waals surface area contributed by atoms with Gasteiger partial charge in [-0.25, -0.2) is 4.98 Å². The second-order valence-corrected chi connectivity index (χ2v) is 7.37. The number of benzene rings is 1. The summed E-state index contributed by atoms with van der Waals surface area (Å²) in [7, 11) is 1.95. The highest BCUT2D eigenvalue weighted by molar-refractivity contribution is 6.07. The first-order chi connectivity index (χ1) is 13.5. The van der Waals surface area contributed by atoms with Crippen molar-refractivity contribution >= 4 is 22.7 Å². The summed E-state index contributed by atoms with van der Waals surface area (Å²) in [6.45, 7) is 3.70. The second kappa shape index (κ2) is 7.50. The lowest BCUT2D eigenvalue weighted by atomic mass is 9.96. The van der Waals surface area contributed by atoms with Gasteiger partial charge in [0, 0.05) is 43.8 Å². The number of carbonyl (C=O) groups is 2. The molecule has 0 bridgehead atoms. The van der Waals surface area contributed by atoms with E-state index in [1.54, 1.807) is 6.92 Å². The number of oxazole rings is 1. The molecule has 0 spiro atoms. The standard InChI is InChI=1S/C21H24N4O3/c1-14-19(23-13-28-14)21(27)25-9-7-15(8-10-25)11-22-20(26)17-12-24(2)18-6-4-3-5-16(17)18/h3-6,12-13,15H,7-11H2,1-2H3,(H,22,26). The molecule has 1 saturated heterocycles. The summed E-state index contributed by atoms with van der Waals surface area (Å²) in [5, 5.41) is 4.04. The molecule has 146 valence electrons. The summed E-state index contributed by atoms with van der Waals surface area (Å²) in [5.41, 5.74) is 2.14. The van der Waals surface area contributed by atoms with Crippen molar-refractivity contribution in [3.63, 3.8) is 0 Å². The monoisotopic (exact) mass is 380 g/mol. The molecular weight excluding hydrogens is 356 g/mol. The molecule has 1 aromatic carbocycles. The Hall–Kier alpha value is -3.09. The van der Waals surface area contributed by atoms with Gasteiger partial charge in [-0.3, -0.25) is 9.59 Å². The minimum absolute atomic E-state index is 0.0477. The van der Waals surface area contributed by atoms with Gasteiger partial charge in [0.2, 0.25) is 0 Å². The third-order valence-corrected chi connectivity index (χ3v) is 5.54. The lowest BCUT2D eigenvalue weighted by Gasteiger charge is -2.31. The predicted molar refractivity (Wildman–Crippen MR) is 105 cm³/mol. The number of hydrogen-bond acceptors (Lipinski definition) is 4. The van der Waals surface area contributed by atoms with E-state index in [-0.39, 0.29) is 11.8 Å². The van der Waals surface area contributed by atoms with Crippen LogP contribution in [0.2, 0.25) is 0 Å². The molecule has 0 radical (unpaired) electrons. The fraction of sp³-hybridized carbons (Fsp3) is 0.381. The highest BCUT2D eigenvalue weighted by Gasteiger charge is 2.26. The van der Waals surface area contributed by atoms with Crippen LogP contribution in [0.15, 0.2) is 41.3 Å². The van der Waals surface area contributed by atoms with E-state index in [0.29, 0.717) is 42.6 Å². The molecule has 0 aliphatic carbocycles. The molecule has 2 amide bonds. The van der Waals surface area contributed by atoms with Gasteiger partial charge in [-0.15, -0.1) is 0 Å². The summed E-state index contributed by atoms with van der Waals surface area (Å²) >= 11 is 0. The van der Waals surface area contributed by atoms with Crippen molar-refractivity contribution in [2.45, 2.75) is 19.8 Å². The lowest BCUT2D eigenvalue weighted by Crippen LogP contribution is -2.41. The van der Waals surface area contributed by atoms with Gasteiger partial charge in [0.15, 0.2) is 12.1 Å². The van der Waals surface area contributed by atoms with Crippen LogP contribution in [-0.2, 0) is 7.05 Å². The van der Waals surface area contributed by atoms with Crippen LogP contribution in [-0.4, -0.2) is 45.9 Å². The maximum Gasteiger partial charge on any atom is 0.276 e. The summed E-state index contributed by atoms with van der Waals surface area (Å²) in [4.78, 5) is 31.0. The summed E-state index contributed by atoms with van der Waals surface area (Å²) < 4.78 is 7.10. The largest absolute Gasteiger partial charge is 0.448 e. The van der Waals surface area contributed by atoms with Crippen molar-refractivity contribution in [2.75, 3.05) is 19.6 Å². The molecule has 0 saturated carbocycles. The fourth-order valence-corrected chi connectivity index (χ4v) is 3.86. The van der Waals surface area contributed by atoms with Gasteiger partial charge in [0.1, 0.15) is 5.76 Å². The number of piperidine rings is 1. The molecule has 7 heteroatoms. The van der Waals surface area contributed by atoms with Gasteiger partial charge in [-0.2, -0.15) is 0 Å². The van der Waals surface area contributed by atoms with Gasteiger partial charge < -0.3 is 19.2 Å². The molecule has 3 aromatic rings. The molecular formula is C21H24N4O3. The minimum atomic E-state index is -0.0792. The molecule has 1 N–H and O–H groups in total. The van der Waals surface area contributed by atoms with E-state index < -0.39 is 0 Å². The van der Waals surface area contributed by atoms with Crippen LogP contribution in [0.3, 0.4) is 0 Å². The Morgan fingerprint density at radius 3 is 2.71 bits per heavy atom. The van der Waals surface area contributed by atoms with E-state index >= 15 is 0 Å². The number of amides is 2. The Morgan fingerprint density at radius 2 is 2.00 bits per heavy atom. The van der Waals surface area contributed by atoms with Crippen LogP contribution < -0.4 is 5.32 Å². The molecule has 28 heavy (non-hydrogen) atoms. The van der Waals surface area contributed by atoms with Crippen LogP contribution in [0.5, 0.6) is 0 Å². The first-order valence-corrected chi connectivity index (χ1v) is 9.56. The first kappa shape index (κ1) is 18.3. The van der Waals surface area contributed by atoms with Crippen molar-refractivity contribution in [3.8, 4) is 0 Å². The number of hydrogen-bond donors (Lipinski definition) is 1. The molecule has 0 atom stereocenters. The number of nitrogens with one attached hydrogen (secondary N) is 1. The number of nitrogens with zero attached hydrogens (tertiary/aromatic N) is 3. The average molecular weight is 380 g/mol. The number of fused-ring (bicyclic) bond motifs is 1. The zero-order valence-corrected chi connectivity index (χ0v) is 16.1. The number of rotatable bonds is 4. The van der Waals surface area contributed by atoms with Crippen molar-refractivity contribution in [2.24, 2.45) is 13.0 Å². The second-order valence-electron chi connectivity index (χ2n) is 7.37.